The standard InChI is InChI=1S/C19H23FN4O/c1-23(19(25)17-10-13-6-8-24(17)9-7-13)12-15-11-21-22-18(15)14-2-4-16(20)5-3-14/h2-5,11,13,17H,6-10,12H2,1H3,(H,21,22). The molecule has 132 valence electrons. The first kappa shape index (κ1) is 16.3. The van der Waals surface area contributed by atoms with E-state index < -0.39 is 0 Å². The number of likely N-dealkylation sites (N-methyl/N-ethyl adjacent to an activating group) is 1. The van der Waals surface area contributed by atoms with E-state index >= 15 is 0 Å². The molecule has 3 fully saturated rings. The molecule has 1 atom stereocenters. The Hall–Kier alpha value is -2.21. The molecule has 5 rings (SSSR count). The van der Waals surface area contributed by atoms with Crippen molar-refractivity contribution in [3.05, 3.63) is 41.8 Å². The van der Waals surface area contributed by atoms with Crippen molar-refractivity contribution in [2.75, 3.05) is 20.1 Å². The number of hydrogen-bond acceptors (Lipinski definition) is 3. The summed E-state index contributed by atoms with van der Waals surface area (Å²) in [4.78, 5) is 17.0. The number of benzene rings is 1. The van der Waals surface area contributed by atoms with Crippen LogP contribution in [-0.4, -0.2) is 52.1 Å². The summed E-state index contributed by atoms with van der Waals surface area (Å²) in [6, 6.07) is 6.33. The van der Waals surface area contributed by atoms with Crippen LogP contribution < -0.4 is 0 Å². The van der Waals surface area contributed by atoms with E-state index in [9.17, 15) is 9.18 Å². The third-order valence-electron chi connectivity index (χ3n) is 5.57. The number of nitrogens with one attached hydrogen (secondary N) is 1. The van der Waals surface area contributed by atoms with Gasteiger partial charge in [0.15, 0.2) is 0 Å². The maximum atomic E-state index is 13.1. The Balaban J connectivity index is 1.48. The fraction of sp³-hybridized carbons (Fsp3) is 0.474. The molecule has 3 aliphatic rings. The Labute approximate surface area is 146 Å². The van der Waals surface area contributed by atoms with Crippen molar-refractivity contribution >= 4 is 5.91 Å². The quantitative estimate of drug-likeness (QED) is 0.929. The molecule has 1 amide bonds. The van der Waals surface area contributed by atoms with Crippen LogP contribution in [0.4, 0.5) is 4.39 Å². The SMILES string of the molecule is CN(Cc1cn[nH]c1-c1ccc(F)cc1)C(=O)C1CC2CCN1CC2. The number of aromatic amines is 1. The highest BCUT2D eigenvalue weighted by molar-refractivity contribution is 5.82. The van der Waals surface area contributed by atoms with E-state index in [-0.39, 0.29) is 17.8 Å². The van der Waals surface area contributed by atoms with Gasteiger partial charge in [-0.05, 0) is 62.5 Å². The first-order valence-electron chi connectivity index (χ1n) is 8.89. The van der Waals surface area contributed by atoms with Crippen LogP contribution >= 0.6 is 0 Å². The molecule has 3 saturated heterocycles. The van der Waals surface area contributed by atoms with Gasteiger partial charge in [-0.3, -0.25) is 14.8 Å². The largest absolute Gasteiger partial charge is 0.340 e. The van der Waals surface area contributed by atoms with Gasteiger partial charge in [0.25, 0.3) is 0 Å². The monoisotopic (exact) mass is 342 g/mol. The Bertz CT molecular complexity index is 749. The minimum Gasteiger partial charge on any atom is -0.340 e. The fourth-order valence-electron chi connectivity index (χ4n) is 4.11. The zero-order valence-corrected chi connectivity index (χ0v) is 14.4. The van der Waals surface area contributed by atoms with Gasteiger partial charge < -0.3 is 4.90 Å². The van der Waals surface area contributed by atoms with Crippen LogP contribution in [0.15, 0.2) is 30.5 Å². The highest BCUT2D eigenvalue weighted by Gasteiger charge is 2.38. The zero-order chi connectivity index (χ0) is 17.4. The minimum atomic E-state index is -0.265. The second-order valence-corrected chi connectivity index (χ2v) is 7.20. The van der Waals surface area contributed by atoms with E-state index in [0.29, 0.717) is 12.5 Å². The van der Waals surface area contributed by atoms with E-state index in [4.69, 9.17) is 0 Å². The van der Waals surface area contributed by atoms with Crippen LogP contribution in [-0.2, 0) is 11.3 Å². The summed E-state index contributed by atoms with van der Waals surface area (Å²) in [6.45, 7) is 2.58. The van der Waals surface area contributed by atoms with E-state index in [2.05, 4.69) is 15.1 Å². The normalized spacial score (nSPS) is 25.1. The molecule has 0 saturated carbocycles. The first-order chi connectivity index (χ1) is 12.1. The lowest BCUT2D eigenvalue weighted by molar-refractivity contribution is -0.140. The molecule has 1 unspecified atom stereocenters. The molecule has 4 heterocycles. The number of aromatic nitrogens is 2. The summed E-state index contributed by atoms with van der Waals surface area (Å²) in [5.41, 5.74) is 2.65. The van der Waals surface area contributed by atoms with Crippen molar-refractivity contribution in [1.29, 1.82) is 0 Å². The summed E-state index contributed by atoms with van der Waals surface area (Å²) in [7, 11) is 1.85. The lowest BCUT2D eigenvalue weighted by Crippen LogP contribution is -2.55. The topological polar surface area (TPSA) is 52.2 Å². The van der Waals surface area contributed by atoms with Gasteiger partial charge in [0, 0.05) is 24.7 Å². The lowest BCUT2D eigenvalue weighted by atomic mass is 9.83. The minimum absolute atomic E-state index is 0.0265. The number of carbonyl (C=O) groups excluding carboxylic acids is 1. The number of piperidine rings is 3. The van der Waals surface area contributed by atoms with Gasteiger partial charge in [0.05, 0.1) is 17.9 Å². The van der Waals surface area contributed by atoms with Crippen molar-refractivity contribution in [3.8, 4) is 11.3 Å². The first-order valence-corrected chi connectivity index (χ1v) is 8.89. The zero-order valence-electron chi connectivity index (χ0n) is 14.4. The number of amides is 1. The van der Waals surface area contributed by atoms with Gasteiger partial charge in [-0.2, -0.15) is 5.10 Å². The molecular weight excluding hydrogens is 319 g/mol. The van der Waals surface area contributed by atoms with Gasteiger partial charge in [0.2, 0.25) is 5.91 Å². The van der Waals surface area contributed by atoms with E-state index in [1.54, 1.807) is 23.2 Å². The smallest absolute Gasteiger partial charge is 0.239 e. The molecule has 1 aromatic heterocycles. The number of fused-ring (bicyclic) bond motifs is 3. The summed E-state index contributed by atoms with van der Waals surface area (Å²) in [5.74, 6) is 0.630. The third-order valence-corrected chi connectivity index (χ3v) is 5.57. The van der Waals surface area contributed by atoms with Gasteiger partial charge in [-0.1, -0.05) is 0 Å². The molecule has 1 aromatic carbocycles. The summed E-state index contributed by atoms with van der Waals surface area (Å²) in [6.07, 6.45) is 5.18. The van der Waals surface area contributed by atoms with Gasteiger partial charge >= 0.3 is 0 Å². The Morgan fingerprint density at radius 2 is 2.04 bits per heavy atom. The summed E-state index contributed by atoms with van der Waals surface area (Å²) in [5, 5.41) is 7.09. The van der Waals surface area contributed by atoms with Crippen molar-refractivity contribution in [3.63, 3.8) is 0 Å². The van der Waals surface area contributed by atoms with Crippen LogP contribution in [0.1, 0.15) is 24.8 Å². The predicted octanol–water partition coefficient (Wildman–Crippen LogP) is 2.66. The molecule has 2 bridgehead atoms. The number of H-pyrrole nitrogens is 1. The highest BCUT2D eigenvalue weighted by atomic mass is 19.1. The summed E-state index contributed by atoms with van der Waals surface area (Å²) >= 11 is 0. The second-order valence-electron chi connectivity index (χ2n) is 7.20. The van der Waals surface area contributed by atoms with Crippen molar-refractivity contribution in [1.82, 2.24) is 20.0 Å². The molecule has 0 spiro atoms. The molecule has 0 radical (unpaired) electrons. The molecule has 0 aliphatic carbocycles. The number of carbonyl (C=O) groups is 1. The predicted molar refractivity (Wildman–Crippen MR) is 93.2 cm³/mol. The fourth-order valence-corrected chi connectivity index (χ4v) is 4.11. The third kappa shape index (κ3) is 3.18. The van der Waals surface area contributed by atoms with Gasteiger partial charge in [-0.25, -0.2) is 4.39 Å². The second kappa shape index (κ2) is 6.59. The van der Waals surface area contributed by atoms with Gasteiger partial charge in [-0.15, -0.1) is 0 Å². The molecular formula is C19H23FN4O. The van der Waals surface area contributed by atoms with E-state index in [0.717, 1.165) is 36.3 Å². The van der Waals surface area contributed by atoms with Crippen LogP contribution in [0.2, 0.25) is 0 Å². The average molecular weight is 342 g/mol. The molecule has 2 aromatic rings. The number of nitrogens with zero attached hydrogens (tertiary/aromatic N) is 3. The Kier molecular flexibility index (Phi) is 4.29. The lowest BCUT2D eigenvalue weighted by Gasteiger charge is -2.45. The van der Waals surface area contributed by atoms with Crippen molar-refractivity contribution in [2.24, 2.45) is 5.92 Å². The molecule has 3 aliphatic heterocycles. The number of halogens is 1. The number of rotatable bonds is 4. The van der Waals surface area contributed by atoms with Crippen molar-refractivity contribution in [2.45, 2.75) is 31.8 Å². The molecule has 25 heavy (non-hydrogen) atoms. The Morgan fingerprint density at radius 3 is 2.68 bits per heavy atom. The molecule has 5 nitrogen and oxygen atoms in total. The Morgan fingerprint density at radius 1 is 1.32 bits per heavy atom. The highest BCUT2D eigenvalue weighted by Crippen LogP contribution is 2.33. The summed E-state index contributed by atoms with van der Waals surface area (Å²) < 4.78 is 13.1. The van der Waals surface area contributed by atoms with Crippen LogP contribution in [0.3, 0.4) is 0 Å². The maximum Gasteiger partial charge on any atom is 0.239 e. The van der Waals surface area contributed by atoms with Crippen LogP contribution in [0, 0.1) is 11.7 Å². The van der Waals surface area contributed by atoms with Crippen molar-refractivity contribution < 1.29 is 9.18 Å². The maximum absolute atomic E-state index is 13.1. The van der Waals surface area contributed by atoms with E-state index in [1.807, 2.05) is 7.05 Å². The van der Waals surface area contributed by atoms with Crippen LogP contribution in [0.5, 0.6) is 0 Å². The number of hydrogen-bond donors (Lipinski definition) is 1. The molecule has 1 N–H and O–H groups in total. The van der Waals surface area contributed by atoms with Crippen LogP contribution in [0.25, 0.3) is 11.3 Å². The van der Waals surface area contributed by atoms with Gasteiger partial charge in [0.1, 0.15) is 5.82 Å². The average Bonchev–Trinajstić information content (AvgIpc) is 3.10. The van der Waals surface area contributed by atoms with E-state index in [1.165, 1.54) is 25.0 Å². The molecule has 6 heteroatoms.